The van der Waals surface area contributed by atoms with Crippen LogP contribution in [0.3, 0.4) is 0 Å². The molecule has 12 heteroatoms. The minimum absolute atomic E-state index is 0.0191. The lowest BCUT2D eigenvalue weighted by Crippen LogP contribution is -2.26. The number of nitrogen functional groups attached to an aromatic ring is 2. The first-order valence-corrected chi connectivity index (χ1v) is 9.62. The van der Waals surface area contributed by atoms with Crippen LogP contribution in [-0.4, -0.2) is 42.9 Å². The molecule has 0 atom stereocenters. The number of anilines is 2. The molecule has 170 valence electrons. The Morgan fingerprint density at radius 2 is 1.67 bits per heavy atom. The van der Waals surface area contributed by atoms with E-state index in [1.165, 1.54) is 11.7 Å². The third kappa shape index (κ3) is 3.97. The smallest absolute Gasteiger partial charge is 0.407 e. The molecule has 2 aromatic heterocycles. The molecule has 0 fully saturated rings. The number of aromatic nitrogens is 4. The molecule has 0 bridgehead atoms. The van der Waals surface area contributed by atoms with Gasteiger partial charge in [-0.1, -0.05) is 18.2 Å². The molecule has 4 aromatic rings. The number of para-hydroxylation sites is 1. The highest BCUT2D eigenvalue weighted by Gasteiger charge is 2.21. The monoisotopic (exact) mass is 457 g/mol. The van der Waals surface area contributed by atoms with Gasteiger partial charge in [-0.3, -0.25) is 0 Å². The van der Waals surface area contributed by atoms with Crippen LogP contribution in [0.15, 0.2) is 36.4 Å². The SMILES string of the molecule is CN(Cc1c(N)nc(-n2nc(Cc3c(F)ccc(F)c3F)c3ccccc32)nc1N)C(=O)O. The van der Waals surface area contributed by atoms with Gasteiger partial charge in [-0.05, 0) is 18.2 Å². The molecule has 4 rings (SSSR count). The van der Waals surface area contributed by atoms with Gasteiger partial charge in [0.15, 0.2) is 11.6 Å². The Bertz CT molecular complexity index is 1370. The highest BCUT2D eigenvalue weighted by Crippen LogP contribution is 2.27. The van der Waals surface area contributed by atoms with Gasteiger partial charge in [-0.2, -0.15) is 19.7 Å². The highest BCUT2D eigenvalue weighted by molar-refractivity contribution is 5.83. The molecule has 0 aliphatic heterocycles. The number of fused-ring (bicyclic) bond motifs is 1. The van der Waals surface area contributed by atoms with E-state index < -0.39 is 29.1 Å². The van der Waals surface area contributed by atoms with Crippen LogP contribution in [0.4, 0.5) is 29.6 Å². The second-order valence-electron chi connectivity index (χ2n) is 7.29. The van der Waals surface area contributed by atoms with Crippen LogP contribution in [0.2, 0.25) is 0 Å². The fourth-order valence-electron chi connectivity index (χ4n) is 3.38. The maximum absolute atomic E-state index is 14.2. The maximum Gasteiger partial charge on any atom is 0.407 e. The van der Waals surface area contributed by atoms with Crippen molar-refractivity contribution in [3.05, 3.63) is 70.7 Å². The van der Waals surface area contributed by atoms with Crippen molar-refractivity contribution in [2.24, 2.45) is 0 Å². The van der Waals surface area contributed by atoms with Gasteiger partial charge in [-0.15, -0.1) is 0 Å². The molecule has 2 aromatic carbocycles. The summed E-state index contributed by atoms with van der Waals surface area (Å²) in [6, 6.07) is 8.37. The van der Waals surface area contributed by atoms with Crippen LogP contribution in [0.5, 0.6) is 0 Å². The van der Waals surface area contributed by atoms with Gasteiger partial charge in [0.2, 0.25) is 0 Å². The summed E-state index contributed by atoms with van der Waals surface area (Å²) in [7, 11) is 1.34. The van der Waals surface area contributed by atoms with Crippen LogP contribution in [0.1, 0.15) is 16.8 Å². The van der Waals surface area contributed by atoms with Gasteiger partial charge >= 0.3 is 6.09 Å². The first-order chi connectivity index (χ1) is 15.7. The summed E-state index contributed by atoms with van der Waals surface area (Å²) in [5, 5.41) is 14.0. The lowest BCUT2D eigenvalue weighted by molar-refractivity contribution is 0.154. The lowest BCUT2D eigenvalue weighted by Gasteiger charge is -2.16. The second-order valence-corrected chi connectivity index (χ2v) is 7.29. The summed E-state index contributed by atoms with van der Waals surface area (Å²) >= 11 is 0. The summed E-state index contributed by atoms with van der Waals surface area (Å²) in [4.78, 5) is 20.5. The van der Waals surface area contributed by atoms with Gasteiger partial charge in [-0.25, -0.2) is 18.0 Å². The molecule has 2 heterocycles. The summed E-state index contributed by atoms with van der Waals surface area (Å²) in [5.41, 5.74) is 12.5. The number of hydrogen-bond donors (Lipinski definition) is 3. The predicted molar refractivity (Wildman–Crippen MR) is 114 cm³/mol. The third-order valence-electron chi connectivity index (χ3n) is 5.12. The van der Waals surface area contributed by atoms with E-state index in [0.717, 1.165) is 11.0 Å². The summed E-state index contributed by atoms with van der Waals surface area (Å²) in [6.07, 6.45) is -1.51. The number of carbonyl (C=O) groups is 1. The van der Waals surface area contributed by atoms with Crippen molar-refractivity contribution in [2.75, 3.05) is 18.5 Å². The Morgan fingerprint density at radius 3 is 2.33 bits per heavy atom. The molecular formula is C21H18F3N7O2. The Labute approximate surface area is 185 Å². The molecule has 0 aliphatic rings. The van der Waals surface area contributed by atoms with Gasteiger partial charge in [0.1, 0.15) is 17.5 Å². The molecule has 5 N–H and O–H groups in total. The number of nitrogens with zero attached hydrogens (tertiary/aromatic N) is 5. The quantitative estimate of drug-likeness (QED) is 0.392. The van der Waals surface area contributed by atoms with E-state index in [0.29, 0.717) is 17.0 Å². The van der Waals surface area contributed by atoms with Crippen LogP contribution < -0.4 is 11.5 Å². The second kappa shape index (κ2) is 8.30. The highest BCUT2D eigenvalue weighted by atomic mass is 19.2. The van der Waals surface area contributed by atoms with Gasteiger partial charge in [0.05, 0.1) is 23.3 Å². The predicted octanol–water partition coefficient (Wildman–Crippen LogP) is 3.10. The Hall–Kier alpha value is -4.35. The number of carboxylic acid groups (broad SMARTS) is 1. The van der Waals surface area contributed by atoms with Crippen LogP contribution in [-0.2, 0) is 13.0 Å². The normalized spacial score (nSPS) is 11.2. The maximum atomic E-state index is 14.2. The van der Waals surface area contributed by atoms with Crippen molar-refractivity contribution < 1.29 is 23.1 Å². The van der Waals surface area contributed by atoms with E-state index in [1.807, 2.05) is 0 Å². The minimum atomic E-state index is -1.29. The number of hydrogen-bond acceptors (Lipinski definition) is 6. The minimum Gasteiger partial charge on any atom is -0.465 e. The zero-order chi connectivity index (χ0) is 23.9. The summed E-state index contributed by atoms with van der Waals surface area (Å²) in [6.45, 7) is -0.128. The number of rotatable bonds is 5. The van der Waals surface area contributed by atoms with Crippen molar-refractivity contribution >= 4 is 28.6 Å². The van der Waals surface area contributed by atoms with E-state index in [4.69, 9.17) is 16.6 Å². The van der Waals surface area contributed by atoms with Crippen LogP contribution >= 0.6 is 0 Å². The van der Waals surface area contributed by atoms with E-state index in [9.17, 15) is 18.0 Å². The fourth-order valence-corrected chi connectivity index (χ4v) is 3.38. The van der Waals surface area contributed by atoms with Gasteiger partial charge in [0.25, 0.3) is 5.95 Å². The van der Waals surface area contributed by atoms with Crippen LogP contribution in [0, 0.1) is 17.5 Å². The summed E-state index contributed by atoms with van der Waals surface area (Å²) < 4.78 is 43.4. The van der Waals surface area contributed by atoms with Crippen molar-refractivity contribution in [1.29, 1.82) is 0 Å². The van der Waals surface area contributed by atoms with Crippen molar-refractivity contribution in [3.63, 3.8) is 0 Å². The molecule has 0 radical (unpaired) electrons. The van der Waals surface area contributed by atoms with Gasteiger partial charge < -0.3 is 21.5 Å². The average Bonchev–Trinajstić information content (AvgIpc) is 3.14. The Kier molecular flexibility index (Phi) is 5.50. The van der Waals surface area contributed by atoms with E-state index >= 15 is 0 Å². The molecule has 0 unspecified atom stereocenters. The molecular weight excluding hydrogens is 439 g/mol. The van der Waals surface area contributed by atoms with Crippen molar-refractivity contribution in [1.82, 2.24) is 24.6 Å². The van der Waals surface area contributed by atoms with Gasteiger partial charge in [0, 0.05) is 24.4 Å². The third-order valence-corrected chi connectivity index (χ3v) is 5.12. The zero-order valence-electron chi connectivity index (χ0n) is 17.3. The average molecular weight is 457 g/mol. The molecule has 0 spiro atoms. The molecule has 1 amide bonds. The first kappa shape index (κ1) is 21.9. The number of amides is 1. The molecule has 0 aliphatic carbocycles. The van der Waals surface area contributed by atoms with E-state index in [2.05, 4.69) is 15.1 Å². The first-order valence-electron chi connectivity index (χ1n) is 9.62. The lowest BCUT2D eigenvalue weighted by atomic mass is 10.1. The topological polar surface area (TPSA) is 136 Å². The largest absolute Gasteiger partial charge is 0.465 e. The molecule has 0 saturated carbocycles. The van der Waals surface area contributed by atoms with Crippen molar-refractivity contribution in [2.45, 2.75) is 13.0 Å². The fraction of sp³-hybridized carbons (Fsp3) is 0.143. The Balaban J connectivity index is 1.81. The molecule has 9 nitrogen and oxygen atoms in total. The standard InChI is InChI=1S/C21H18F3N7O2/c1-30(21(32)33)9-12-18(25)27-20(28-19(12)26)31-16-5-3-2-4-10(16)15(29-31)8-11-13(22)6-7-14(23)17(11)24/h2-7H,8-9H2,1H3,(H,32,33)(H4,25,26,27,28). The molecule has 33 heavy (non-hydrogen) atoms. The van der Waals surface area contributed by atoms with E-state index in [-0.39, 0.29) is 41.8 Å². The number of nitrogens with two attached hydrogens (primary N) is 2. The molecule has 0 saturated heterocycles. The zero-order valence-corrected chi connectivity index (χ0v) is 17.3. The Morgan fingerprint density at radius 1 is 1.03 bits per heavy atom. The van der Waals surface area contributed by atoms with Crippen LogP contribution in [0.25, 0.3) is 16.9 Å². The summed E-state index contributed by atoms with van der Waals surface area (Å²) in [5.74, 6) is -3.47. The van der Waals surface area contributed by atoms with Crippen molar-refractivity contribution in [3.8, 4) is 5.95 Å². The number of halogens is 3. The number of benzene rings is 2. The van der Waals surface area contributed by atoms with E-state index in [1.54, 1.807) is 24.3 Å².